The van der Waals surface area contributed by atoms with E-state index < -0.39 is 0 Å². The molecule has 0 bridgehead atoms. The van der Waals surface area contributed by atoms with Crippen LogP contribution in [0.3, 0.4) is 0 Å². The Morgan fingerprint density at radius 2 is 2.04 bits per heavy atom. The van der Waals surface area contributed by atoms with Gasteiger partial charge in [0.25, 0.3) is 0 Å². The molecule has 0 amide bonds. The fourth-order valence-electron chi connectivity index (χ4n) is 3.09. The third-order valence-electron chi connectivity index (χ3n) is 4.34. The molecule has 1 aromatic carbocycles. The zero-order valence-electron chi connectivity index (χ0n) is 13.7. The molecule has 1 unspecified atom stereocenters. The summed E-state index contributed by atoms with van der Waals surface area (Å²) in [4.78, 5) is 0. The van der Waals surface area contributed by atoms with Gasteiger partial charge in [-0.15, -0.1) is 10.2 Å². The Hall–Kier alpha value is -2.67. The second kappa shape index (κ2) is 6.09. The van der Waals surface area contributed by atoms with Crippen molar-refractivity contribution in [2.24, 2.45) is 0 Å². The average Bonchev–Trinajstić information content (AvgIpc) is 3.29. The first-order chi connectivity index (χ1) is 11.8. The van der Waals surface area contributed by atoms with Crippen molar-refractivity contribution in [3.05, 3.63) is 36.2 Å². The summed E-state index contributed by atoms with van der Waals surface area (Å²) in [6, 6.07) is 9.72. The highest BCUT2D eigenvalue weighted by atomic mass is 16.5. The number of fused-ring (bicyclic) bond motifs is 1. The highest BCUT2D eigenvalue weighted by Crippen LogP contribution is 2.32. The number of aromatic nitrogens is 4. The van der Waals surface area contributed by atoms with Gasteiger partial charge in [0.1, 0.15) is 11.5 Å². The molecule has 1 saturated heterocycles. The van der Waals surface area contributed by atoms with Gasteiger partial charge in [0.15, 0.2) is 11.5 Å². The first kappa shape index (κ1) is 14.9. The van der Waals surface area contributed by atoms with Crippen LogP contribution in [0.1, 0.15) is 24.7 Å². The van der Waals surface area contributed by atoms with E-state index in [2.05, 4.69) is 15.5 Å². The Labute approximate surface area is 139 Å². The minimum absolute atomic E-state index is 0.204. The third-order valence-corrected chi connectivity index (χ3v) is 4.34. The van der Waals surface area contributed by atoms with Crippen LogP contribution in [0.5, 0.6) is 11.5 Å². The Morgan fingerprint density at radius 3 is 2.79 bits per heavy atom. The first-order valence-electron chi connectivity index (χ1n) is 7.98. The lowest BCUT2D eigenvalue weighted by Gasteiger charge is -2.11. The Kier molecular flexibility index (Phi) is 3.78. The quantitative estimate of drug-likeness (QED) is 0.793. The van der Waals surface area contributed by atoms with E-state index >= 15 is 0 Å². The maximum atomic E-state index is 5.47. The average molecular weight is 325 g/mol. The fourth-order valence-corrected chi connectivity index (χ4v) is 3.09. The summed E-state index contributed by atoms with van der Waals surface area (Å²) in [5.41, 5.74) is 2.40. The molecule has 0 aliphatic carbocycles. The Balaban J connectivity index is 1.84. The molecule has 4 rings (SSSR count). The van der Waals surface area contributed by atoms with Crippen molar-refractivity contribution >= 4 is 5.65 Å². The number of ether oxygens (including phenoxy) is 2. The van der Waals surface area contributed by atoms with Crippen molar-refractivity contribution in [2.45, 2.75) is 18.9 Å². The van der Waals surface area contributed by atoms with Crippen LogP contribution in [0.2, 0.25) is 0 Å². The first-order valence-corrected chi connectivity index (χ1v) is 7.98. The molecular weight excluding hydrogens is 306 g/mol. The monoisotopic (exact) mass is 325 g/mol. The van der Waals surface area contributed by atoms with Gasteiger partial charge in [-0.1, -0.05) is 0 Å². The van der Waals surface area contributed by atoms with Crippen LogP contribution in [0.15, 0.2) is 30.3 Å². The maximum Gasteiger partial charge on any atom is 0.178 e. The standard InChI is InChI=1S/C17H19N5O2/c1-23-11-5-7-15(24-2)12(10-11)13-6-8-16-19-20-17(22(16)21-13)14-4-3-9-18-14/h5-8,10,14,18H,3-4,9H2,1-2H3. The van der Waals surface area contributed by atoms with Crippen LogP contribution in [0.4, 0.5) is 0 Å². The van der Waals surface area contributed by atoms with Gasteiger partial charge in [0.05, 0.1) is 26.0 Å². The molecular formula is C17H19N5O2. The lowest BCUT2D eigenvalue weighted by atomic mass is 10.1. The van der Waals surface area contributed by atoms with Gasteiger partial charge in [-0.3, -0.25) is 0 Å². The van der Waals surface area contributed by atoms with Gasteiger partial charge in [-0.2, -0.15) is 9.61 Å². The molecule has 2 aromatic heterocycles. The summed E-state index contributed by atoms with van der Waals surface area (Å²) >= 11 is 0. The van der Waals surface area contributed by atoms with Crippen molar-refractivity contribution in [1.29, 1.82) is 0 Å². The third kappa shape index (κ3) is 2.46. The van der Waals surface area contributed by atoms with Gasteiger partial charge < -0.3 is 14.8 Å². The molecule has 1 fully saturated rings. The van der Waals surface area contributed by atoms with E-state index in [0.717, 1.165) is 53.6 Å². The predicted molar refractivity (Wildman–Crippen MR) is 89.3 cm³/mol. The van der Waals surface area contributed by atoms with Gasteiger partial charge in [-0.25, -0.2) is 0 Å². The van der Waals surface area contributed by atoms with Crippen LogP contribution >= 0.6 is 0 Å². The maximum absolute atomic E-state index is 5.47. The SMILES string of the molecule is COc1ccc(OC)c(-c2ccc3nnc(C4CCCN4)n3n2)c1. The molecule has 0 spiro atoms. The van der Waals surface area contributed by atoms with Gasteiger partial charge in [0.2, 0.25) is 0 Å². The van der Waals surface area contributed by atoms with E-state index in [-0.39, 0.29) is 6.04 Å². The summed E-state index contributed by atoms with van der Waals surface area (Å²) in [6.45, 7) is 1.00. The topological polar surface area (TPSA) is 73.6 Å². The molecule has 1 atom stereocenters. The number of hydrogen-bond acceptors (Lipinski definition) is 6. The zero-order chi connectivity index (χ0) is 16.5. The number of nitrogens with zero attached hydrogens (tertiary/aromatic N) is 4. The lowest BCUT2D eigenvalue weighted by Crippen LogP contribution is -2.16. The van der Waals surface area contributed by atoms with Crippen LogP contribution < -0.4 is 14.8 Å². The van der Waals surface area contributed by atoms with Crippen LogP contribution in [-0.2, 0) is 0 Å². The number of rotatable bonds is 4. The summed E-state index contributed by atoms with van der Waals surface area (Å²) < 4.78 is 12.6. The van der Waals surface area contributed by atoms with Gasteiger partial charge >= 0.3 is 0 Å². The largest absolute Gasteiger partial charge is 0.497 e. The molecule has 1 N–H and O–H groups in total. The Bertz CT molecular complexity index is 871. The van der Waals surface area contributed by atoms with E-state index in [0.29, 0.717) is 0 Å². The summed E-state index contributed by atoms with van der Waals surface area (Å²) in [5.74, 6) is 2.36. The number of hydrogen-bond donors (Lipinski definition) is 1. The second-order valence-electron chi connectivity index (χ2n) is 5.76. The summed E-state index contributed by atoms with van der Waals surface area (Å²) in [6.07, 6.45) is 2.19. The van der Waals surface area contributed by atoms with Crippen LogP contribution in [0.25, 0.3) is 16.9 Å². The molecule has 1 aliphatic rings. The van der Waals surface area contributed by atoms with Gasteiger partial charge in [-0.05, 0) is 49.7 Å². The molecule has 124 valence electrons. The van der Waals surface area contributed by atoms with E-state index in [1.54, 1.807) is 14.2 Å². The smallest absolute Gasteiger partial charge is 0.178 e. The molecule has 0 saturated carbocycles. The van der Waals surface area contributed by atoms with Crippen molar-refractivity contribution in [3.63, 3.8) is 0 Å². The van der Waals surface area contributed by atoms with Crippen molar-refractivity contribution in [1.82, 2.24) is 25.1 Å². The van der Waals surface area contributed by atoms with Gasteiger partial charge in [0, 0.05) is 5.56 Å². The molecule has 3 heterocycles. The lowest BCUT2D eigenvalue weighted by molar-refractivity contribution is 0.404. The van der Waals surface area contributed by atoms with Crippen molar-refractivity contribution in [2.75, 3.05) is 20.8 Å². The van der Waals surface area contributed by atoms with Crippen molar-refractivity contribution in [3.8, 4) is 22.8 Å². The number of benzene rings is 1. The normalized spacial score (nSPS) is 17.3. The van der Waals surface area contributed by atoms with E-state index in [1.807, 2.05) is 34.8 Å². The van der Waals surface area contributed by atoms with E-state index in [4.69, 9.17) is 14.6 Å². The summed E-state index contributed by atoms with van der Waals surface area (Å²) in [7, 11) is 3.29. The highest BCUT2D eigenvalue weighted by Gasteiger charge is 2.22. The molecule has 24 heavy (non-hydrogen) atoms. The summed E-state index contributed by atoms with van der Waals surface area (Å²) in [5, 5.41) is 16.7. The van der Waals surface area contributed by atoms with Crippen molar-refractivity contribution < 1.29 is 9.47 Å². The molecule has 0 radical (unpaired) electrons. The number of nitrogens with one attached hydrogen (secondary N) is 1. The van der Waals surface area contributed by atoms with E-state index in [9.17, 15) is 0 Å². The molecule has 1 aliphatic heterocycles. The minimum atomic E-state index is 0.204. The van der Waals surface area contributed by atoms with E-state index in [1.165, 1.54) is 0 Å². The molecule has 7 heteroatoms. The molecule has 7 nitrogen and oxygen atoms in total. The second-order valence-corrected chi connectivity index (χ2v) is 5.76. The zero-order valence-corrected chi connectivity index (χ0v) is 13.7. The highest BCUT2D eigenvalue weighted by molar-refractivity contribution is 5.69. The molecule has 3 aromatic rings. The number of methoxy groups -OCH3 is 2. The Morgan fingerprint density at radius 1 is 1.12 bits per heavy atom. The van der Waals surface area contributed by atoms with Crippen LogP contribution in [-0.4, -0.2) is 40.6 Å². The fraction of sp³-hybridized carbons (Fsp3) is 0.353. The van der Waals surface area contributed by atoms with Crippen LogP contribution in [0, 0.1) is 0 Å². The minimum Gasteiger partial charge on any atom is -0.497 e. The predicted octanol–water partition coefficient (Wildman–Crippen LogP) is 2.23.